The van der Waals surface area contributed by atoms with E-state index in [-0.39, 0.29) is 10.0 Å². The van der Waals surface area contributed by atoms with Gasteiger partial charge in [0.25, 0.3) is 0 Å². The van der Waals surface area contributed by atoms with Gasteiger partial charge in [-0.1, -0.05) is 11.8 Å². The minimum absolute atomic E-state index is 0.105. The summed E-state index contributed by atoms with van der Waals surface area (Å²) in [5.41, 5.74) is 0.490. The average Bonchev–Trinajstić information content (AvgIpc) is 2.92. The fraction of sp³-hybridized carbons (Fsp3) is 0.333. The average molecular weight is 352 g/mol. The number of hydrogen-bond donors (Lipinski definition) is 1. The van der Waals surface area contributed by atoms with Crippen LogP contribution >= 0.6 is 11.8 Å². The van der Waals surface area contributed by atoms with Gasteiger partial charge in [0.2, 0.25) is 15.1 Å². The molecule has 0 saturated carbocycles. The first-order valence-corrected chi connectivity index (χ1v) is 9.69. The molecular weight excluding hydrogens is 336 g/mol. The van der Waals surface area contributed by atoms with Gasteiger partial charge in [-0.05, 0) is 37.6 Å². The minimum atomic E-state index is -3.81. The van der Waals surface area contributed by atoms with Crippen LogP contribution in [-0.4, -0.2) is 36.9 Å². The lowest BCUT2D eigenvalue weighted by molar-refractivity contribution is -0.111. The van der Waals surface area contributed by atoms with Gasteiger partial charge < -0.3 is 4.74 Å². The Morgan fingerprint density at radius 3 is 2.91 bits per heavy atom. The number of hydrogen-bond acceptors (Lipinski definition) is 6. The lowest BCUT2D eigenvalue weighted by Crippen LogP contribution is -2.37. The highest BCUT2D eigenvalue weighted by molar-refractivity contribution is 8.14. The van der Waals surface area contributed by atoms with E-state index in [0.717, 1.165) is 11.8 Å². The standard InChI is InChI=1S/C15H16N2O4S2/c1-2-21-12-5-6-13(10-4-3-8-16-14(10)12)23(19,20)17-11-7-9-22-15(11)18/h3-6,8,11,17H,2,7,9H2,1H3. The first-order chi connectivity index (χ1) is 11.0. The molecule has 1 aliphatic heterocycles. The molecule has 1 aliphatic rings. The van der Waals surface area contributed by atoms with Crippen LogP contribution in [0.3, 0.4) is 0 Å². The molecule has 0 aliphatic carbocycles. The van der Waals surface area contributed by atoms with Crippen LogP contribution in [0.1, 0.15) is 13.3 Å². The van der Waals surface area contributed by atoms with Gasteiger partial charge in [0.1, 0.15) is 11.3 Å². The van der Waals surface area contributed by atoms with E-state index in [9.17, 15) is 13.2 Å². The van der Waals surface area contributed by atoms with Crippen molar-refractivity contribution in [1.82, 2.24) is 9.71 Å². The number of fused-ring (bicyclic) bond motifs is 1. The van der Waals surface area contributed by atoms with Crippen molar-refractivity contribution >= 4 is 37.8 Å². The summed E-state index contributed by atoms with van der Waals surface area (Å²) in [7, 11) is -3.81. The summed E-state index contributed by atoms with van der Waals surface area (Å²) in [5.74, 6) is 1.17. The second kappa shape index (κ2) is 6.46. The van der Waals surface area contributed by atoms with E-state index in [1.807, 2.05) is 6.92 Å². The quantitative estimate of drug-likeness (QED) is 0.885. The van der Waals surface area contributed by atoms with Gasteiger partial charge in [-0.2, -0.15) is 4.72 Å². The molecule has 1 unspecified atom stereocenters. The number of nitrogens with zero attached hydrogens (tertiary/aromatic N) is 1. The van der Waals surface area contributed by atoms with Crippen molar-refractivity contribution in [3.8, 4) is 5.75 Å². The first-order valence-electron chi connectivity index (χ1n) is 7.22. The smallest absolute Gasteiger partial charge is 0.241 e. The van der Waals surface area contributed by atoms with E-state index in [0.29, 0.717) is 35.4 Å². The highest BCUT2D eigenvalue weighted by Crippen LogP contribution is 2.30. The summed E-state index contributed by atoms with van der Waals surface area (Å²) in [6.45, 7) is 2.31. The second-order valence-electron chi connectivity index (χ2n) is 5.02. The van der Waals surface area contributed by atoms with Gasteiger partial charge >= 0.3 is 0 Å². The number of nitrogens with one attached hydrogen (secondary N) is 1. The molecule has 1 aromatic carbocycles. The Hall–Kier alpha value is -1.64. The summed E-state index contributed by atoms with van der Waals surface area (Å²) in [6.07, 6.45) is 2.10. The first kappa shape index (κ1) is 16.2. The number of thioether (sulfide) groups is 1. The lowest BCUT2D eigenvalue weighted by Gasteiger charge is -2.14. The Bertz CT molecular complexity index is 852. The highest BCUT2D eigenvalue weighted by Gasteiger charge is 2.31. The molecule has 6 nitrogen and oxygen atoms in total. The normalized spacial score (nSPS) is 18.5. The molecule has 2 heterocycles. The van der Waals surface area contributed by atoms with Crippen LogP contribution in [0.25, 0.3) is 10.9 Å². The van der Waals surface area contributed by atoms with Crippen LogP contribution in [0.5, 0.6) is 5.75 Å². The molecule has 23 heavy (non-hydrogen) atoms. The fourth-order valence-corrected chi connectivity index (χ4v) is 4.92. The monoisotopic (exact) mass is 352 g/mol. The van der Waals surface area contributed by atoms with E-state index in [4.69, 9.17) is 4.74 Å². The third kappa shape index (κ3) is 3.19. The van der Waals surface area contributed by atoms with Gasteiger partial charge in [0.15, 0.2) is 0 Å². The van der Waals surface area contributed by atoms with Crippen molar-refractivity contribution in [3.63, 3.8) is 0 Å². The Morgan fingerprint density at radius 1 is 1.39 bits per heavy atom. The van der Waals surface area contributed by atoms with Crippen LogP contribution in [0.15, 0.2) is 35.4 Å². The zero-order chi connectivity index (χ0) is 16.4. The Kier molecular flexibility index (Phi) is 4.56. The number of carbonyl (C=O) groups is 1. The summed E-state index contributed by atoms with van der Waals surface area (Å²) in [4.78, 5) is 16.0. The van der Waals surface area contributed by atoms with Crippen LogP contribution in [0.2, 0.25) is 0 Å². The summed E-state index contributed by atoms with van der Waals surface area (Å²) in [5, 5.41) is 0.339. The number of carbonyl (C=O) groups excluding carboxylic acids is 1. The SMILES string of the molecule is CCOc1ccc(S(=O)(=O)NC2CCSC2=O)c2cccnc12. The minimum Gasteiger partial charge on any atom is -0.492 e. The van der Waals surface area contributed by atoms with E-state index in [1.165, 1.54) is 6.07 Å². The molecule has 122 valence electrons. The third-order valence-corrected chi connectivity index (χ3v) is 6.05. The lowest BCUT2D eigenvalue weighted by atomic mass is 10.2. The predicted octanol–water partition coefficient (Wildman–Crippen LogP) is 1.94. The van der Waals surface area contributed by atoms with Crippen molar-refractivity contribution in [1.29, 1.82) is 0 Å². The molecule has 0 bridgehead atoms. The van der Waals surface area contributed by atoms with Gasteiger partial charge in [0, 0.05) is 17.3 Å². The van der Waals surface area contributed by atoms with Crippen molar-refractivity contribution in [2.45, 2.75) is 24.3 Å². The molecule has 8 heteroatoms. The second-order valence-corrected chi connectivity index (χ2v) is 7.81. The van der Waals surface area contributed by atoms with E-state index in [1.54, 1.807) is 24.4 Å². The molecular formula is C15H16N2O4S2. The largest absolute Gasteiger partial charge is 0.492 e. The Morgan fingerprint density at radius 2 is 2.22 bits per heavy atom. The molecule has 0 spiro atoms. The topological polar surface area (TPSA) is 85.4 Å². The van der Waals surface area contributed by atoms with Crippen LogP contribution in [0, 0.1) is 0 Å². The molecule has 0 radical (unpaired) electrons. The van der Waals surface area contributed by atoms with Crippen molar-refractivity contribution < 1.29 is 17.9 Å². The fourth-order valence-electron chi connectivity index (χ4n) is 2.48. The van der Waals surface area contributed by atoms with Gasteiger partial charge in [-0.25, -0.2) is 8.42 Å². The van der Waals surface area contributed by atoms with Gasteiger partial charge in [0.05, 0.1) is 17.5 Å². The van der Waals surface area contributed by atoms with Gasteiger partial charge in [-0.15, -0.1) is 0 Å². The maximum Gasteiger partial charge on any atom is 0.241 e. The summed E-state index contributed by atoms with van der Waals surface area (Å²) >= 11 is 1.16. The summed E-state index contributed by atoms with van der Waals surface area (Å²) < 4.78 is 33.4. The molecule has 2 aromatic rings. The Balaban J connectivity index is 2.05. The third-order valence-electron chi connectivity index (χ3n) is 3.51. The number of benzene rings is 1. The van der Waals surface area contributed by atoms with Crippen LogP contribution in [0.4, 0.5) is 0 Å². The molecule has 1 saturated heterocycles. The maximum absolute atomic E-state index is 12.7. The van der Waals surface area contributed by atoms with Crippen molar-refractivity contribution in [2.75, 3.05) is 12.4 Å². The molecule has 1 fully saturated rings. The van der Waals surface area contributed by atoms with Gasteiger partial charge in [-0.3, -0.25) is 9.78 Å². The number of rotatable bonds is 5. The zero-order valence-electron chi connectivity index (χ0n) is 12.5. The maximum atomic E-state index is 12.7. The van der Waals surface area contributed by atoms with E-state index >= 15 is 0 Å². The van der Waals surface area contributed by atoms with E-state index in [2.05, 4.69) is 9.71 Å². The highest BCUT2D eigenvalue weighted by atomic mass is 32.2. The van der Waals surface area contributed by atoms with Crippen LogP contribution in [-0.2, 0) is 14.8 Å². The number of pyridine rings is 1. The van der Waals surface area contributed by atoms with Crippen LogP contribution < -0.4 is 9.46 Å². The zero-order valence-corrected chi connectivity index (χ0v) is 14.1. The molecule has 1 atom stereocenters. The number of aromatic nitrogens is 1. The Labute approximate surface area is 138 Å². The molecule has 1 N–H and O–H groups in total. The van der Waals surface area contributed by atoms with Crippen molar-refractivity contribution in [3.05, 3.63) is 30.5 Å². The molecule has 0 amide bonds. The number of sulfonamides is 1. The molecule has 3 rings (SSSR count). The van der Waals surface area contributed by atoms with E-state index < -0.39 is 16.1 Å². The number of ether oxygens (including phenoxy) is 1. The van der Waals surface area contributed by atoms with Crippen molar-refractivity contribution in [2.24, 2.45) is 0 Å². The predicted molar refractivity (Wildman–Crippen MR) is 89.1 cm³/mol. The molecule has 1 aromatic heterocycles. The summed E-state index contributed by atoms with van der Waals surface area (Å²) in [6, 6.07) is 5.78.